The van der Waals surface area contributed by atoms with Crippen molar-refractivity contribution in [1.29, 1.82) is 0 Å². The molecule has 2 amide bonds. The number of rotatable bonds is 5. The smallest absolute Gasteiger partial charge is 0.265 e. The van der Waals surface area contributed by atoms with E-state index in [1.54, 1.807) is 25.1 Å². The number of aryl methyl sites for hydroxylation is 1. The summed E-state index contributed by atoms with van der Waals surface area (Å²) >= 11 is 0. The van der Waals surface area contributed by atoms with Gasteiger partial charge in [-0.15, -0.1) is 0 Å². The monoisotopic (exact) mass is 396 g/mol. The van der Waals surface area contributed by atoms with E-state index in [1.807, 2.05) is 43.3 Å². The Hall–Kier alpha value is -3.02. The van der Waals surface area contributed by atoms with E-state index in [4.69, 9.17) is 9.47 Å². The van der Waals surface area contributed by atoms with Gasteiger partial charge in [-0.2, -0.15) is 0 Å². The number of hydrogen-bond acceptors (Lipinski definition) is 4. The summed E-state index contributed by atoms with van der Waals surface area (Å²) in [6.07, 6.45) is -0.742. The van der Waals surface area contributed by atoms with Crippen LogP contribution in [-0.4, -0.2) is 50.1 Å². The van der Waals surface area contributed by atoms with Gasteiger partial charge in [0.25, 0.3) is 11.8 Å². The fourth-order valence-corrected chi connectivity index (χ4v) is 3.35. The number of anilines is 1. The predicted octanol–water partition coefficient (Wildman–Crippen LogP) is 3.38. The van der Waals surface area contributed by atoms with Crippen LogP contribution < -0.4 is 14.4 Å². The average molecular weight is 396 g/mol. The topological polar surface area (TPSA) is 59.1 Å². The fraction of sp³-hybridized carbons (Fsp3) is 0.391. The van der Waals surface area contributed by atoms with Crippen molar-refractivity contribution in [3.8, 4) is 11.5 Å². The fourth-order valence-electron chi connectivity index (χ4n) is 3.35. The number of hydrogen-bond donors (Lipinski definition) is 0. The molecule has 154 valence electrons. The Morgan fingerprint density at radius 1 is 1.21 bits per heavy atom. The van der Waals surface area contributed by atoms with Crippen molar-refractivity contribution in [2.45, 2.75) is 32.8 Å². The minimum absolute atomic E-state index is 0.111. The summed E-state index contributed by atoms with van der Waals surface area (Å²) in [5, 5.41) is 0. The van der Waals surface area contributed by atoms with Crippen molar-refractivity contribution in [3.05, 3.63) is 53.6 Å². The molecular weight excluding hydrogens is 368 g/mol. The third-order valence-corrected chi connectivity index (χ3v) is 4.93. The van der Waals surface area contributed by atoms with Gasteiger partial charge in [0.15, 0.2) is 12.7 Å². The Bertz CT molecular complexity index is 908. The zero-order valence-corrected chi connectivity index (χ0v) is 17.6. The lowest BCUT2D eigenvalue weighted by atomic mass is 10.0. The quantitative estimate of drug-likeness (QED) is 0.777. The average Bonchev–Trinajstić information content (AvgIpc) is 2.70. The zero-order valence-electron chi connectivity index (χ0n) is 17.6. The number of amides is 2. The molecule has 1 aliphatic heterocycles. The minimum Gasteiger partial charge on any atom is -0.483 e. The second-order valence-electron chi connectivity index (χ2n) is 7.80. The Morgan fingerprint density at radius 3 is 2.62 bits per heavy atom. The second-order valence-corrected chi connectivity index (χ2v) is 7.80. The second kappa shape index (κ2) is 8.55. The molecule has 0 saturated carbocycles. The molecule has 1 heterocycles. The van der Waals surface area contributed by atoms with Gasteiger partial charge in [-0.3, -0.25) is 9.59 Å². The van der Waals surface area contributed by atoms with Crippen molar-refractivity contribution in [2.24, 2.45) is 0 Å². The molecule has 1 aliphatic rings. The molecule has 1 atom stereocenters. The zero-order chi connectivity index (χ0) is 21.1. The van der Waals surface area contributed by atoms with E-state index in [2.05, 4.69) is 13.8 Å². The van der Waals surface area contributed by atoms with Gasteiger partial charge in [-0.25, -0.2) is 0 Å². The lowest BCUT2D eigenvalue weighted by molar-refractivity contribution is -0.136. The van der Waals surface area contributed by atoms with Crippen LogP contribution in [0, 0.1) is 6.92 Å². The van der Waals surface area contributed by atoms with Crippen molar-refractivity contribution >= 4 is 17.5 Å². The van der Waals surface area contributed by atoms with Gasteiger partial charge in [-0.1, -0.05) is 38.1 Å². The van der Waals surface area contributed by atoms with E-state index in [-0.39, 0.29) is 30.9 Å². The van der Waals surface area contributed by atoms with Gasteiger partial charge in [0.1, 0.15) is 11.5 Å². The van der Waals surface area contributed by atoms with Gasteiger partial charge in [0.05, 0.1) is 12.2 Å². The SMILES string of the molecule is Cc1ccc(C(C)C)c(OCC(=O)N2C[C@H](C(=O)N(C)C)Oc3ccccc32)c1. The van der Waals surface area contributed by atoms with Gasteiger partial charge in [-0.05, 0) is 42.2 Å². The number of carbonyl (C=O) groups excluding carboxylic acids is 2. The maximum atomic E-state index is 13.1. The lowest BCUT2D eigenvalue weighted by Crippen LogP contribution is -2.51. The van der Waals surface area contributed by atoms with Crippen LogP contribution in [0.25, 0.3) is 0 Å². The number of nitrogens with zero attached hydrogens (tertiary/aromatic N) is 2. The van der Waals surface area contributed by atoms with Gasteiger partial charge in [0, 0.05) is 14.1 Å². The molecule has 3 rings (SSSR count). The van der Waals surface area contributed by atoms with Gasteiger partial charge >= 0.3 is 0 Å². The highest BCUT2D eigenvalue weighted by molar-refractivity contribution is 5.98. The Morgan fingerprint density at radius 2 is 1.93 bits per heavy atom. The van der Waals surface area contributed by atoms with Gasteiger partial charge in [0.2, 0.25) is 0 Å². The Kier molecular flexibility index (Phi) is 6.11. The third kappa shape index (κ3) is 4.53. The lowest BCUT2D eigenvalue weighted by Gasteiger charge is -2.35. The van der Waals surface area contributed by atoms with E-state index in [9.17, 15) is 9.59 Å². The minimum atomic E-state index is -0.742. The van der Waals surface area contributed by atoms with Crippen LogP contribution in [0.2, 0.25) is 0 Å². The Balaban J connectivity index is 1.81. The highest BCUT2D eigenvalue weighted by Gasteiger charge is 2.34. The molecule has 29 heavy (non-hydrogen) atoms. The normalized spacial score (nSPS) is 15.5. The number of carbonyl (C=O) groups is 2. The highest BCUT2D eigenvalue weighted by atomic mass is 16.5. The Labute approximate surface area is 172 Å². The van der Waals surface area contributed by atoms with E-state index in [0.29, 0.717) is 11.4 Å². The molecule has 0 spiro atoms. The maximum absolute atomic E-state index is 13.1. The standard InChI is InChI=1S/C23H28N2O4/c1-15(2)17-11-10-16(3)12-20(17)28-14-22(26)25-13-21(23(27)24(4)5)29-19-9-7-6-8-18(19)25/h6-12,15,21H,13-14H2,1-5H3/t21-/m1/s1. The molecule has 0 aliphatic carbocycles. The van der Waals surface area contributed by atoms with E-state index in [1.165, 1.54) is 4.90 Å². The molecule has 2 aromatic carbocycles. The van der Waals surface area contributed by atoms with Crippen molar-refractivity contribution < 1.29 is 19.1 Å². The van der Waals surface area contributed by atoms with Crippen molar-refractivity contribution in [2.75, 3.05) is 32.1 Å². The largest absolute Gasteiger partial charge is 0.483 e. The molecule has 0 fully saturated rings. The molecule has 0 aromatic heterocycles. The number of fused-ring (bicyclic) bond motifs is 1. The van der Waals surface area contributed by atoms with Crippen LogP contribution in [-0.2, 0) is 9.59 Å². The number of benzene rings is 2. The highest BCUT2D eigenvalue weighted by Crippen LogP contribution is 2.34. The molecule has 0 saturated heterocycles. The first-order valence-electron chi connectivity index (χ1n) is 9.78. The van der Waals surface area contributed by atoms with E-state index >= 15 is 0 Å². The summed E-state index contributed by atoms with van der Waals surface area (Å²) in [7, 11) is 3.35. The van der Waals surface area contributed by atoms with Gasteiger partial charge < -0.3 is 19.3 Å². The van der Waals surface area contributed by atoms with Crippen molar-refractivity contribution in [3.63, 3.8) is 0 Å². The first-order chi connectivity index (χ1) is 13.8. The molecule has 0 radical (unpaired) electrons. The maximum Gasteiger partial charge on any atom is 0.265 e. The molecule has 0 unspecified atom stereocenters. The number of likely N-dealkylation sites (N-methyl/N-ethyl adjacent to an activating group) is 1. The summed E-state index contributed by atoms with van der Waals surface area (Å²) in [4.78, 5) is 28.6. The van der Waals surface area contributed by atoms with Crippen molar-refractivity contribution in [1.82, 2.24) is 4.90 Å². The number of ether oxygens (including phenoxy) is 2. The van der Waals surface area contributed by atoms with E-state index < -0.39 is 6.10 Å². The van der Waals surface area contributed by atoms with Crippen LogP contribution >= 0.6 is 0 Å². The first kappa shape index (κ1) is 20.7. The molecular formula is C23H28N2O4. The van der Waals surface area contributed by atoms with Crippen LogP contribution in [0.15, 0.2) is 42.5 Å². The summed E-state index contributed by atoms with van der Waals surface area (Å²) < 4.78 is 11.8. The van der Waals surface area contributed by atoms with Crippen LogP contribution in [0.1, 0.15) is 30.9 Å². The van der Waals surface area contributed by atoms with E-state index in [0.717, 1.165) is 16.9 Å². The predicted molar refractivity (Wildman–Crippen MR) is 113 cm³/mol. The summed E-state index contributed by atoms with van der Waals surface area (Å²) in [6, 6.07) is 13.3. The summed E-state index contributed by atoms with van der Waals surface area (Å²) in [5.41, 5.74) is 2.79. The van der Waals surface area contributed by atoms with Crippen LogP contribution in [0.5, 0.6) is 11.5 Å². The van der Waals surface area contributed by atoms with Crippen LogP contribution in [0.3, 0.4) is 0 Å². The first-order valence-corrected chi connectivity index (χ1v) is 9.78. The third-order valence-electron chi connectivity index (χ3n) is 4.93. The summed E-state index contributed by atoms with van der Waals surface area (Å²) in [5.74, 6) is 1.13. The van der Waals surface area contributed by atoms with Crippen LogP contribution in [0.4, 0.5) is 5.69 Å². The molecule has 0 N–H and O–H groups in total. The molecule has 0 bridgehead atoms. The molecule has 6 heteroatoms. The number of para-hydroxylation sites is 2. The summed E-state index contributed by atoms with van der Waals surface area (Å²) in [6.45, 7) is 6.22. The molecule has 2 aromatic rings. The molecule has 6 nitrogen and oxygen atoms in total.